The van der Waals surface area contributed by atoms with Gasteiger partial charge in [-0.15, -0.1) is 0 Å². The number of aliphatic carboxylic acids is 1. The molecule has 1 rings (SSSR count). The summed E-state index contributed by atoms with van der Waals surface area (Å²) in [5.74, 6) is -1.04. The number of carboxylic acid groups (broad SMARTS) is 1. The molecule has 2 amide bonds. The summed E-state index contributed by atoms with van der Waals surface area (Å²) in [6.45, 7) is 3.89. The molecule has 1 heterocycles. The number of nitrogens with one attached hydrogen (secondary N) is 2. The number of amides is 2. The van der Waals surface area contributed by atoms with Crippen LogP contribution in [-0.4, -0.2) is 28.1 Å². The maximum atomic E-state index is 11.5. The van der Waals surface area contributed by atoms with Gasteiger partial charge in [-0.2, -0.15) is 0 Å². The lowest BCUT2D eigenvalue weighted by Crippen LogP contribution is -2.45. The van der Waals surface area contributed by atoms with E-state index in [2.05, 4.69) is 15.6 Å². The van der Waals surface area contributed by atoms with Crippen LogP contribution in [-0.2, 0) is 11.3 Å². The number of hydrogen-bond acceptors (Lipinski definition) is 3. The van der Waals surface area contributed by atoms with Gasteiger partial charge in [0.2, 0.25) is 0 Å². The number of carbonyl (C=O) groups excluding carboxylic acids is 1. The summed E-state index contributed by atoms with van der Waals surface area (Å²) in [6.07, 6.45) is 2.01. The average Bonchev–Trinajstić information content (AvgIpc) is 2.35. The van der Waals surface area contributed by atoms with Crippen LogP contribution >= 0.6 is 0 Å². The monoisotopic (exact) mass is 251 g/mol. The van der Waals surface area contributed by atoms with Gasteiger partial charge in [0.1, 0.15) is 6.04 Å². The van der Waals surface area contributed by atoms with Crippen LogP contribution in [0.15, 0.2) is 18.3 Å². The lowest BCUT2D eigenvalue weighted by molar-refractivity contribution is -0.139. The first kappa shape index (κ1) is 14.0. The van der Waals surface area contributed by atoms with Crippen molar-refractivity contribution in [1.29, 1.82) is 0 Å². The molecule has 0 saturated carbocycles. The Balaban J connectivity index is 2.41. The van der Waals surface area contributed by atoms with Crippen molar-refractivity contribution in [3.05, 3.63) is 29.6 Å². The van der Waals surface area contributed by atoms with Crippen molar-refractivity contribution in [2.24, 2.45) is 0 Å². The zero-order valence-electron chi connectivity index (χ0n) is 10.4. The van der Waals surface area contributed by atoms with Crippen LogP contribution in [0, 0.1) is 6.92 Å². The van der Waals surface area contributed by atoms with Crippen LogP contribution in [0.2, 0.25) is 0 Å². The molecule has 0 saturated heterocycles. The molecule has 98 valence electrons. The van der Waals surface area contributed by atoms with E-state index in [4.69, 9.17) is 5.11 Å². The quantitative estimate of drug-likeness (QED) is 0.729. The minimum Gasteiger partial charge on any atom is -0.480 e. The molecular formula is C12H17N3O3. The first-order chi connectivity index (χ1) is 8.52. The maximum Gasteiger partial charge on any atom is 0.326 e. The number of hydrogen-bond donors (Lipinski definition) is 3. The first-order valence-electron chi connectivity index (χ1n) is 5.71. The third-order valence-electron chi connectivity index (χ3n) is 2.44. The van der Waals surface area contributed by atoms with E-state index in [9.17, 15) is 9.59 Å². The average molecular weight is 251 g/mol. The minimum absolute atomic E-state index is 0.315. The zero-order valence-corrected chi connectivity index (χ0v) is 10.4. The first-order valence-corrected chi connectivity index (χ1v) is 5.71. The van der Waals surface area contributed by atoms with Crippen molar-refractivity contribution in [3.63, 3.8) is 0 Å². The van der Waals surface area contributed by atoms with Crippen molar-refractivity contribution in [2.75, 3.05) is 0 Å². The van der Waals surface area contributed by atoms with E-state index >= 15 is 0 Å². The summed E-state index contributed by atoms with van der Waals surface area (Å²) in [5, 5.41) is 13.7. The normalized spacial score (nSPS) is 11.7. The Morgan fingerprint density at radius 2 is 2.17 bits per heavy atom. The largest absolute Gasteiger partial charge is 0.480 e. The highest BCUT2D eigenvalue weighted by Crippen LogP contribution is 1.98. The summed E-state index contributed by atoms with van der Waals surface area (Å²) < 4.78 is 0. The molecule has 0 aliphatic heterocycles. The van der Waals surface area contributed by atoms with Crippen LogP contribution in [0.3, 0.4) is 0 Å². The van der Waals surface area contributed by atoms with Crippen LogP contribution in [0.25, 0.3) is 0 Å². The molecule has 1 unspecified atom stereocenters. The summed E-state index contributed by atoms with van der Waals surface area (Å²) in [5.41, 5.74) is 1.76. The van der Waals surface area contributed by atoms with Gasteiger partial charge in [0.05, 0.1) is 0 Å². The lowest BCUT2D eigenvalue weighted by Gasteiger charge is -2.13. The molecule has 0 spiro atoms. The highest BCUT2D eigenvalue weighted by Gasteiger charge is 2.16. The molecule has 3 N–H and O–H groups in total. The minimum atomic E-state index is -1.04. The van der Waals surface area contributed by atoms with E-state index in [0.29, 0.717) is 13.0 Å². The molecule has 0 aliphatic carbocycles. The van der Waals surface area contributed by atoms with Crippen LogP contribution in [0.5, 0.6) is 0 Å². The molecule has 6 nitrogen and oxygen atoms in total. The second-order valence-corrected chi connectivity index (χ2v) is 3.93. The van der Waals surface area contributed by atoms with Crippen molar-refractivity contribution < 1.29 is 14.7 Å². The summed E-state index contributed by atoms with van der Waals surface area (Å²) >= 11 is 0. The number of carbonyl (C=O) groups is 2. The topological polar surface area (TPSA) is 91.3 Å². The van der Waals surface area contributed by atoms with Gasteiger partial charge < -0.3 is 15.7 Å². The fraction of sp³-hybridized carbons (Fsp3) is 0.417. The van der Waals surface area contributed by atoms with Gasteiger partial charge in [-0.05, 0) is 25.0 Å². The molecule has 0 aliphatic rings. The number of aryl methyl sites for hydroxylation is 1. The fourth-order valence-electron chi connectivity index (χ4n) is 1.33. The number of carboxylic acids is 1. The highest BCUT2D eigenvalue weighted by atomic mass is 16.4. The molecule has 18 heavy (non-hydrogen) atoms. The number of nitrogens with zero attached hydrogens (tertiary/aromatic N) is 1. The molecule has 6 heteroatoms. The summed E-state index contributed by atoms with van der Waals surface area (Å²) in [4.78, 5) is 26.3. The Bertz CT molecular complexity index is 417. The van der Waals surface area contributed by atoms with Gasteiger partial charge in [0, 0.05) is 18.4 Å². The maximum absolute atomic E-state index is 11.5. The molecule has 1 aromatic rings. The van der Waals surface area contributed by atoms with Gasteiger partial charge in [-0.1, -0.05) is 13.0 Å². The van der Waals surface area contributed by atoms with Gasteiger partial charge in [-0.3, -0.25) is 4.98 Å². The molecule has 1 aromatic heterocycles. The second kappa shape index (κ2) is 6.58. The molecule has 1 atom stereocenters. The van der Waals surface area contributed by atoms with E-state index in [-0.39, 0.29) is 0 Å². The van der Waals surface area contributed by atoms with Crippen molar-refractivity contribution in [1.82, 2.24) is 15.6 Å². The van der Waals surface area contributed by atoms with Crippen LogP contribution in [0.1, 0.15) is 24.6 Å². The molecular weight excluding hydrogens is 234 g/mol. The van der Waals surface area contributed by atoms with Crippen LogP contribution < -0.4 is 10.6 Å². The highest BCUT2D eigenvalue weighted by molar-refractivity contribution is 5.82. The van der Waals surface area contributed by atoms with Gasteiger partial charge in [0.15, 0.2) is 0 Å². The summed E-state index contributed by atoms with van der Waals surface area (Å²) in [7, 11) is 0. The predicted molar refractivity (Wildman–Crippen MR) is 66.1 cm³/mol. The van der Waals surface area contributed by atoms with E-state index in [0.717, 1.165) is 11.3 Å². The number of aromatic nitrogens is 1. The molecule has 0 fully saturated rings. The smallest absolute Gasteiger partial charge is 0.326 e. The van der Waals surface area contributed by atoms with E-state index in [1.807, 2.05) is 19.1 Å². The standard InChI is InChI=1S/C12H17N3O3/c1-3-10(11(16)17)15-12(18)14-7-9-5-4-8(2)13-6-9/h4-6,10H,3,7H2,1-2H3,(H,16,17)(H2,14,15,18). The van der Waals surface area contributed by atoms with E-state index < -0.39 is 18.0 Å². The van der Waals surface area contributed by atoms with Crippen molar-refractivity contribution in [3.8, 4) is 0 Å². The third-order valence-corrected chi connectivity index (χ3v) is 2.44. The van der Waals surface area contributed by atoms with Crippen LogP contribution in [0.4, 0.5) is 4.79 Å². The van der Waals surface area contributed by atoms with Gasteiger partial charge in [-0.25, -0.2) is 9.59 Å². The predicted octanol–water partition coefficient (Wildman–Crippen LogP) is 1.05. The van der Waals surface area contributed by atoms with E-state index in [1.165, 1.54) is 0 Å². The molecule has 0 aromatic carbocycles. The molecule has 0 bridgehead atoms. The zero-order chi connectivity index (χ0) is 13.5. The van der Waals surface area contributed by atoms with Crippen molar-refractivity contribution in [2.45, 2.75) is 32.9 Å². The Morgan fingerprint density at radius 3 is 2.67 bits per heavy atom. The van der Waals surface area contributed by atoms with Gasteiger partial charge in [0.25, 0.3) is 0 Å². The van der Waals surface area contributed by atoms with Gasteiger partial charge >= 0.3 is 12.0 Å². The fourth-order valence-corrected chi connectivity index (χ4v) is 1.33. The Morgan fingerprint density at radius 1 is 1.44 bits per heavy atom. The van der Waals surface area contributed by atoms with E-state index in [1.54, 1.807) is 13.1 Å². The number of rotatable bonds is 5. The SMILES string of the molecule is CCC(NC(=O)NCc1ccc(C)nc1)C(=O)O. The summed E-state index contributed by atoms with van der Waals surface area (Å²) in [6, 6.07) is 2.35. The number of urea groups is 1. The Hall–Kier alpha value is -2.11. The Kier molecular flexibility index (Phi) is 5.10. The Labute approximate surface area is 105 Å². The number of pyridine rings is 1. The third kappa shape index (κ3) is 4.40. The van der Waals surface area contributed by atoms with Crippen molar-refractivity contribution >= 4 is 12.0 Å². The lowest BCUT2D eigenvalue weighted by atomic mass is 10.2. The second-order valence-electron chi connectivity index (χ2n) is 3.93. The molecule has 0 radical (unpaired) electrons.